The van der Waals surface area contributed by atoms with Crippen molar-refractivity contribution in [1.82, 2.24) is 4.98 Å². The van der Waals surface area contributed by atoms with Crippen LogP contribution < -0.4 is 0 Å². The summed E-state index contributed by atoms with van der Waals surface area (Å²) >= 11 is 0. The number of hydrogen-bond acceptors (Lipinski definition) is 4. The molecular formula is C22H22FNO5. The summed E-state index contributed by atoms with van der Waals surface area (Å²) in [5.41, 5.74) is -1.57. The molecule has 6 nitrogen and oxygen atoms in total. The predicted octanol–water partition coefficient (Wildman–Crippen LogP) is 2.96. The Morgan fingerprint density at radius 1 is 1.10 bits per heavy atom. The Balaban J connectivity index is 1.87. The monoisotopic (exact) mass is 399 g/mol. The number of rotatable bonds is 6. The molecule has 0 fully saturated rings. The van der Waals surface area contributed by atoms with Crippen LogP contribution in [-0.2, 0) is 22.4 Å². The number of nitrogens with zero attached hydrogens (tertiary/aromatic N) is 1. The molecule has 29 heavy (non-hydrogen) atoms. The van der Waals surface area contributed by atoms with E-state index in [0.29, 0.717) is 18.5 Å². The Bertz CT molecular complexity index is 958. The van der Waals surface area contributed by atoms with E-state index in [1.165, 1.54) is 37.4 Å². The van der Waals surface area contributed by atoms with Crippen LogP contribution in [0.3, 0.4) is 0 Å². The van der Waals surface area contributed by atoms with E-state index in [9.17, 15) is 29.3 Å². The van der Waals surface area contributed by atoms with E-state index in [4.69, 9.17) is 0 Å². The Labute approximate surface area is 167 Å². The summed E-state index contributed by atoms with van der Waals surface area (Å²) in [6.45, 7) is 1.38. The minimum absolute atomic E-state index is 0.301. The molecule has 0 saturated carbocycles. The number of aryl methyl sites for hydroxylation is 2. The van der Waals surface area contributed by atoms with Gasteiger partial charge in [0.2, 0.25) is 0 Å². The minimum Gasteiger partial charge on any atom is -0.481 e. The summed E-state index contributed by atoms with van der Waals surface area (Å²) in [4.78, 5) is 27.6. The summed E-state index contributed by atoms with van der Waals surface area (Å²) in [7, 11) is 0. The molecule has 3 rings (SSSR count). The minimum atomic E-state index is -2.29. The van der Waals surface area contributed by atoms with Gasteiger partial charge in [-0.05, 0) is 55.2 Å². The Morgan fingerprint density at radius 3 is 2.38 bits per heavy atom. The maximum atomic E-state index is 13.0. The number of aliphatic carboxylic acids is 2. The van der Waals surface area contributed by atoms with Gasteiger partial charge in [0, 0.05) is 12.6 Å². The fourth-order valence-electron chi connectivity index (χ4n) is 3.66. The standard InChI is InChI=1S/C22H22FNO5/c1-21(19(25)26)10-8-17(22(29,13-21)20(27)28)18-12-15(9-11-24-18)3-2-14-4-6-16(23)7-5-14/h4-12,17,29H,2-3,13H2,1H3,(H,25,26)(H,27,28). The van der Waals surface area contributed by atoms with Crippen molar-refractivity contribution < 1.29 is 29.3 Å². The summed E-state index contributed by atoms with van der Waals surface area (Å²) in [6, 6.07) is 9.71. The Morgan fingerprint density at radius 2 is 1.76 bits per heavy atom. The first-order valence-electron chi connectivity index (χ1n) is 9.22. The summed E-state index contributed by atoms with van der Waals surface area (Å²) < 4.78 is 13.0. The topological polar surface area (TPSA) is 108 Å². The quantitative estimate of drug-likeness (QED) is 0.645. The zero-order valence-corrected chi connectivity index (χ0v) is 15.9. The molecular weight excluding hydrogens is 377 g/mol. The molecule has 3 unspecified atom stereocenters. The van der Waals surface area contributed by atoms with Crippen molar-refractivity contribution in [3.05, 3.63) is 77.4 Å². The molecule has 0 spiro atoms. The summed E-state index contributed by atoms with van der Waals surface area (Å²) in [6.07, 6.45) is 5.19. The first-order valence-corrected chi connectivity index (χ1v) is 9.22. The average molecular weight is 399 g/mol. The van der Waals surface area contributed by atoms with E-state index in [-0.39, 0.29) is 5.82 Å². The van der Waals surface area contributed by atoms with E-state index < -0.39 is 35.3 Å². The molecule has 3 N–H and O–H groups in total. The lowest BCUT2D eigenvalue weighted by molar-refractivity contribution is -0.167. The molecule has 7 heteroatoms. The van der Waals surface area contributed by atoms with E-state index in [0.717, 1.165) is 11.1 Å². The summed E-state index contributed by atoms with van der Waals surface area (Å²) in [5, 5.41) is 29.9. The van der Waals surface area contributed by atoms with Crippen LogP contribution in [0, 0.1) is 11.2 Å². The molecule has 0 bridgehead atoms. The maximum Gasteiger partial charge on any atom is 0.336 e. The van der Waals surface area contributed by atoms with E-state index in [2.05, 4.69) is 4.98 Å². The smallest absolute Gasteiger partial charge is 0.336 e. The van der Waals surface area contributed by atoms with Crippen molar-refractivity contribution in [2.75, 3.05) is 0 Å². The third kappa shape index (κ3) is 4.19. The van der Waals surface area contributed by atoms with Crippen molar-refractivity contribution in [3.63, 3.8) is 0 Å². The zero-order chi connectivity index (χ0) is 21.2. The number of carboxylic acid groups (broad SMARTS) is 2. The lowest BCUT2D eigenvalue weighted by atomic mass is 9.67. The van der Waals surface area contributed by atoms with Crippen LogP contribution in [0.5, 0.6) is 0 Å². The van der Waals surface area contributed by atoms with Crippen LogP contribution in [0.1, 0.15) is 36.1 Å². The lowest BCUT2D eigenvalue weighted by Gasteiger charge is -2.39. The molecule has 1 heterocycles. The normalized spacial score (nSPS) is 26.2. The van der Waals surface area contributed by atoms with Gasteiger partial charge in [0.05, 0.1) is 17.0 Å². The van der Waals surface area contributed by atoms with Gasteiger partial charge < -0.3 is 15.3 Å². The highest BCUT2D eigenvalue weighted by Gasteiger charge is 2.53. The molecule has 0 radical (unpaired) electrons. The second-order valence-corrected chi connectivity index (χ2v) is 7.68. The number of benzene rings is 1. The number of carbonyl (C=O) groups is 2. The van der Waals surface area contributed by atoms with Gasteiger partial charge in [-0.2, -0.15) is 0 Å². The molecule has 152 valence electrons. The molecule has 0 amide bonds. The van der Waals surface area contributed by atoms with Crippen LogP contribution in [0.4, 0.5) is 4.39 Å². The van der Waals surface area contributed by atoms with Crippen LogP contribution in [0.25, 0.3) is 0 Å². The number of pyridine rings is 1. The van der Waals surface area contributed by atoms with Gasteiger partial charge in [-0.15, -0.1) is 0 Å². The fourth-order valence-corrected chi connectivity index (χ4v) is 3.66. The molecule has 2 aromatic rings. The number of aromatic nitrogens is 1. The molecule has 1 aromatic heterocycles. The van der Waals surface area contributed by atoms with Gasteiger partial charge in [-0.25, -0.2) is 9.18 Å². The second kappa shape index (κ2) is 7.75. The van der Waals surface area contributed by atoms with Crippen molar-refractivity contribution in [1.29, 1.82) is 0 Å². The van der Waals surface area contributed by atoms with E-state index >= 15 is 0 Å². The van der Waals surface area contributed by atoms with E-state index in [1.807, 2.05) is 0 Å². The fraction of sp³-hybridized carbons (Fsp3) is 0.318. The molecule has 1 aliphatic carbocycles. The summed E-state index contributed by atoms with van der Waals surface area (Å²) in [5.74, 6) is -3.96. The van der Waals surface area contributed by atoms with Crippen LogP contribution in [0.2, 0.25) is 0 Å². The Hall–Kier alpha value is -3.06. The third-order valence-corrected chi connectivity index (χ3v) is 5.45. The zero-order valence-electron chi connectivity index (χ0n) is 15.9. The highest BCUT2D eigenvalue weighted by atomic mass is 19.1. The SMILES string of the molecule is CC1(C(=O)O)C=CC(c2cc(CCc3ccc(F)cc3)ccn2)C(O)(C(=O)O)C1. The number of carboxylic acids is 2. The predicted molar refractivity (Wildman–Crippen MR) is 103 cm³/mol. The largest absolute Gasteiger partial charge is 0.481 e. The molecule has 1 aliphatic rings. The molecule has 3 atom stereocenters. The number of halogens is 1. The maximum absolute atomic E-state index is 13.0. The molecule has 0 aliphatic heterocycles. The van der Waals surface area contributed by atoms with Crippen LogP contribution in [0.15, 0.2) is 54.7 Å². The van der Waals surface area contributed by atoms with Crippen molar-refractivity contribution in [2.45, 2.75) is 37.7 Å². The van der Waals surface area contributed by atoms with Crippen molar-refractivity contribution in [2.24, 2.45) is 5.41 Å². The first kappa shape index (κ1) is 20.7. The third-order valence-electron chi connectivity index (χ3n) is 5.45. The Kier molecular flexibility index (Phi) is 5.53. The van der Waals surface area contributed by atoms with Gasteiger partial charge in [0.1, 0.15) is 5.82 Å². The first-order chi connectivity index (χ1) is 13.6. The van der Waals surface area contributed by atoms with E-state index in [1.54, 1.807) is 24.3 Å². The molecule has 0 saturated heterocycles. The van der Waals surface area contributed by atoms with Gasteiger partial charge in [-0.1, -0.05) is 24.3 Å². The molecule has 1 aromatic carbocycles. The van der Waals surface area contributed by atoms with Crippen molar-refractivity contribution >= 4 is 11.9 Å². The van der Waals surface area contributed by atoms with Gasteiger partial charge in [-0.3, -0.25) is 9.78 Å². The number of hydrogen-bond donors (Lipinski definition) is 3. The van der Waals surface area contributed by atoms with Crippen LogP contribution in [-0.4, -0.2) is 37.8 Å². The second-order valence-electron chi connectivity index (χ2n) is 7.68. The van der Waals surface area contributed by atoms with Crippen molar-refractivity contribution in [3.8, 4) is 0 Å². The lowest BCUT2D eigenvalue weighted by Crippen LogP contribution is -2.51. The average Bonchev–Trinajstić information content (AvgIpc) is 2.67. The van der Waals surface area contributed by atoms with Gasteiger partial charge in [0.25, 0.3) is 0 Å². The number of aliphatic hydroxyl groups is 1. The van der Waals surface area contributed by atoms with Gasteiger partial charge in [0.15, 0.2) is 5.60 Å². The highest BCUT2D eigenvalue weighted by molar-refractivity contribution is 5.84. The highest BCUT2D eigenvalue weighted by Crippen LogP contribution is 2.44. The van der Waals surface area contributed by atoms with Crippen LogP contribution >= 0.6 is 0 Å². The van der Waals surface area contributed by atoms with Gasteiger partial charge >= 0.3 is 11.9 Å².